The smallest absolute Gasteiger partial charge is 0.390 e. The molecule has 0 aliphatic heterocycles. The Morgan fingerprint density at radius 2 is 0.875 bits per heavy atom. The molecule has 0 saturated carbocycles. The number of unbranched alkanes of at least 4 members (excludes halogenated alkanes) is 19. The molecular weight excluding hydrogens is 427 g/mol. The third kappa shape index (κ3) is 24.7. The van der Waals surface area contributed by atoms with E-state index >= 15 is 0 Å². The fraction of sp³-hybridized carbons (Fsp3) is 1.00. The molecule has 32 heavy (non-hydrogen) atoms. The van der Waals surface area contributed by atoms with Crippen LogP contribution in [0.1, 0.15) is 142 Å². The largest absolute Gasteiger partial charge is 0.469 e. The summed E-state index contributed by atoms with van der Waals surface area (Å²) in [5.74, 6) is 0. The number of hydrogen-bond donors (Lipinski definition) is 4. The number of hydrogen-bond acceptors (Lipinski definition) is 4. The van der Waals surface area contributed by atoms with E-state index in [1.165, 1.54) is 109 Å². The average Bonchev–Trinajstić information content (AvgIpc) is 2.75. The molecule has 0 fully saturated rings. The first kappa shape index (κ1) is 32.0. The summed E-state index contributed by atoms with van der Waals surface area (Å²) in [7, 11) is -4.60. The van der Waals surface area contributed by atoms with Gasteiger partial charge in [0, 0.05) is 0 Å². The first-order chi connectivity index (χ1) is 15.4. The minimum Gasteiger partial charge on any atom is -0.390 e. The van der Waals surface area contributed by atoms with Crippen LogP contribution in [0.5, 0.6) is 0 Å². The fourth-order valence-corrected chi connectivity index (χ4v) is 4.43. The van der Waals surface area contributed by atoms with Crippen LogP contribution in [-0.2, 0) is 9.09 Å². The second-order valence-corrected chi connectivity index (χ2v) is 10.7. The van der Waals surface area contributed by atoms with Crippen molar-refractivity contribution in [3.05, 3.63) is 0 Å². The van der Waals surface area contributed by atoms with E-state index < -0.39 is 26.6 Å². The Labute approximate surface area is 197 Å². The van der Waals surface area contributed by atoms with Crippen molar-refractivity contribution in [1.82, 2.24) is 0 Å². The van der Waals surface area contributed by atoms with Crippen molar-refractivity contribution in [3.8, 4) is 0 Å². The number of rotatable bonds is 25. The highest BCUT2D eigenvalue weighted by Gasteiger charge is 2.21. The molecular formula is C25H53O6P. The third-order valence-corrected chi connectivity index (χ3v) is 6.70. The number of phosphoric acid groups is 1. The summed E-state index contributed by atoms with van der Waals surface area (Å²) in [5, 5.41) is 19.4. The van der Waals surface area contributed by atoms with Crippen LogP contribution in [-0.4, -0.2) is 38.8 Å². The van der Waals surface area contributed by atoms with Crippen LogP contribution >= 0.6 is 7.82 Å². The molecule has 6 nitrogen and oxygen atoms in total. The minimum absolute atomic E-state index is 0.421. The predicted molar refractivity (Wildman–Crippen MR) is 133 cm³/mol. The highest BCUT2D eigenvalue weighted by atomic mass is 31.2. The van der Waals surface area contributed by atoms with E-state index in [1.807, 2.05) is 0 Å². The summed E-state index contributed by atoms with van der Waals surface area (Å²) < 4.78 is 14.8. The van der Waals surface area contributed by atoms with E-state index in [1.54, 1.807) is 0 Å². The van der Waals surface area contributed by atoms with Crippen molar-refractivity contribution in [1.29, 1.82) is 0 Å². The molecule has 0 radical (unpaired) electrons. The van der Waals surface area contributed by atoms with Crippen LogP contribution < -0.4 is 0 Å². The van der Waals surface area contributed by atoms with Crippen molar-refractivity contribution in [3.63, 3.8) is 0 Å². The van der Waals surface area contributed by atoms with Crippen LogP contribution in [0.25, 0.3) is 0 Å². The Balaban J connectivity index is 3.23. The van der Waals surface area contributed by atoms with E-state index in [-0.39, 0.29) is 0 Å². The molecule has 0 saturated heterocycles. The lowest BCUT2D eigenvalue weighted by Gasteiger charge is -2.17. The highest BCUT2D eigenvalue weighted by Crippen LogP contribution is 2.35. The molecule has 0 aromatic carbocycles. The Morgan fingerprint density at radius 3 is 1.19 bits per heavy atom. The lowest BCUT2D eigenvalue weighted by molar-refractivity contribution is -0.0182. The lowest BCUT2D eigenvalue weighted by Crippen LogP contribution is -2.30. The van der Waals surface area contributed by atoms with Crippen molar-refractivity contribution in [2.45, 2.75) is 154 Å². The summed E-state index contributed by atoms with van der Waals surface area (Å²) >= 11 is 0. The normalized spacial score (nSPS) is 14.0. The molecule has 0 aromatic rings. The molecule has 0 aliphatic carbocycles. The molecule has 0 aliphatic rings. The fourth-order valence-electron chi connectivity index (χ4n) is 4.09. The second kappa shape index (κ2) is 22.8. The zero-order chi connectivity index (χ0) is 23.9. The van der Waals surface area contributed by atoms with Gasteiger partial charge in [-0.25, -0.2) is 4.57 Å². The van der Waals surface area contributed by atoms with Gasteiger partial charge in [0.1, 0.15) is 6.10 Å². The molecule has 7 heteroatoms. The van der Waals surface area contributed by atoms with Gasteiger partial charge in [0.25, 0.3) is 0 Å². The standard InChI is InChI=1S/C25H53O6P/c1-2-3-4-5-6-7-8-9-10-11-12-13-14-15-16-17-18-19-20-21-22-24(26)25(27)23-31-32(28,29)30/h24-27H,2-23H2,1H3,(H2,28,29,30). The van der Waals surface area contributed by atoms with Gasteiger partial charge in [-0.15, -0.1) is 0 Å². The Morgan fingerprint density at radius 1 is 0.562 bits per heavy atom. The average molecular weight is 481 g/mol. The summed E-state index contributed by atoms with van der Waals surface area (Å²) in [6.07, 6.45) is 24.5. The van der Waals surface area contributed by atoms with Crippen LogP contribution in [0.15, 0.2) is 0 Å². The molecule has 0 bridgehead atoms. The van der Waals surface area contributed by atoms with Crippen molar-refractivity contribution < 1.29 is 29.1 Å². The van der Waals surface area contributed by atoms with Gasteiger partial charge < -0.3 is 20.0 Å². The van der Waals surface area contributed by atoms with E-state index in [9.17, 15) is 14.8 Å². The molecule has 0 amide bonds. The van der Waals surface area contributed by atoms with Crippen LogP contribution in [0.3, 0.4) is 0 Å². The maximum absolute atomic E-state index is 10.6. The molecule has 194 valence electrons. The lowest BCUT2D eigenvalue weighted by atomic mass is 10.0. The Kier molecular flexibility index (Phi) is 22.8. The molecule has 0 heterocycles. The van der Waals surface area contributed by atoms with E-state index in [0.717, 1.165) is 19.3 Å². The Bertz CT molecular complexity index is 429. The summed E-state index contributed by atoms with van der Waals surface area (Å²) in [6.45, 7) is 1.72. The summed E-state index contributed by atoms with van der Waals surface area (Å²) in [5.41, 5.74) is 0. The van der Waals surface area contributed by atoms with Crippen molar-refractivity contribution >= 4 is 7.82 Å². The van der Waals surface area contributed by atoms with Gasteiger partial charge in [-0.3, -0.25) is 4.52 Å². The minimum atomic E-state index is -4.60. The van der Waals surface area contributed by atoms with Gasteiger partial charge in [0.15, 0.2) is 0 Å². The van der Waals surface area contributed by atoms with Crippen LogP contribution in [0, 0.1) is 0 Å². The maximum Gasteiger partial charge on any atom is 0.469 e. The topological polar surface area (TPSA) is 107 Å². The number of aliphatic hydroxyl groups is 2. The van der Waals surface area contributed by atoms with Gasteiger partial charge in [0.05, 0.1) is 12.7 Å². The van der Waals surface area contributed by atoms with Crippen LogP contribution in [0.2, 0.25) is 0 Å². The SMILES string of the molecule is CCCCCCCCCCCCCCCCCCCCCCC(O)C(O)COP(=O)(O)O. The van der Waals surface area contributed by atoms with Gasteiger partial charge in [-0.2, -0.15) is 0 Å². The summed E-state index contributed by atoms with van der Waals surface area (Å²) in [4.78, 5) is 17.2. The molecule has 0 aromatic heterocycles. The van der Waals surface area contributed by atoms with Crippen molar-refractivity contribution in [2.24, 2.45) is 0 Å². The van der Waals surface area contributed by atoms with E-state index in [4.69, 9.17) is 9.79 Å². The van der Waals surface area contributed by atoms with Crippen LogP contribution in [0.4, 0.5) is 0 Å². The first-order valence-electron chi connectivity index (χ1n) is 13.4. The monoisotopic (exact) mass is 480 g/mol. The maximum atomic E-state index is 10.6. The first-order valence-corrected chi connectivity index (χ1v) is 15.0. The quantitative estimate of drug-likeness (QED) is 0.0825. The predicted octanol–water partition coefficient (Wildman–Crippen LogP) is 7.03. The van der Waals surface area contributed by atoms with E-state index in [0.29, 0.717) is 6.42 Å². The molecule has 4 N–H and O–H groups in total. The third-order valence-electron chi connectivity index (χ3n) is 6.21. The molecule has 0 rings (SSSR count). The zero-order valence-electron chi connectivity index (χ0n) is 20.8. The molecule has 2 atom stereocenters. The number of phosphoric ester groups is 1. The Hall–Kier alpha value is 0.0300. The second-order valence-electron chi connectivity index (χ2n) is 9.43. The van der Waals surface area contributed by atoms with Gasteiger partial charge >= 0.3 is 7.82 Å². The summed E-state index contributed by atoms with van der Waals surface area (Å²) in [6, 6.07) is 0. The number of aliphatic hydroxyl groups excluding tert-OH is 2. The highest BCUT2D eigenvalue weighted by molar-refractivity contribution is 7.46. The molecule has 2 unspecified atom stereocenters. The van der Waals surface area contributed by atoms with Crippen molar-refractivity contribution in [2.75, 3.05) is 6.61 Å². The van der Waals surface area contributed by atoms with Gasteiger partial charge in [-0.1, -0.05) is 135 Å². The van der Waals surface area contributed by atoms with Gasteiger partial charge in [-0.05, 0) is 6.42 Å². The van der Waals surface area contributed by atoms with E-state index in [2.05, 4.69) is 11.4 Å². The van der Waals surface area contributed by atoms with Gasteiger partial charge in [0.2, 0.25) is 0 Å². The molecule has 0 spiro atoms. The zero-order valence-corrected chi connectivity index (χ0v) is 21.7.